The molecule has 0 aliphatic heterocycles. The highest BCUT2D eigenvalue weighted by molar-refractivity contribution is 7.98. The van der Waals surface area contributed by atoms with Crippen molar-refractivity contribution in [2.45, 2.75) is 76.3 Å². The van der Waals surface area contributed by atoms with E-state index < -0.39 is 6.04 Å². The Morgan fingerprint density at radius 1 is 1.09 bits per heavy atom. The first-order valence-corrected chi connectivity index (χ1v) is 14.0. The fourth-order valence-corrected chi connectivity index (χ4v) is 5.72. The molecule has 184 valence electrons. The molecule has 0 aromatic heterocycles. The van der Waals surface area contributed by atoms with Crippen molar-refractivity contribution >= 4 is 46.8 Å². The molecule has 2 amide bonds. The Hall–Kier alpha value is -1.69. The third-order valence-electron chi connectivity index (χ3n) is 6.27. The fourth-order valence-electron chi connectivity index (χ4n) is 4.36. The molecule has 2 aromatic rings. The predicted octanol–water partition coefficient (Wildman–Crippen LogP) is 6.87. The van der Waals surface area contributed by atoms with Crippen LogP contribution in [0.3, 0.4) is 0 Å². The first kappa shape index (κ1) is 26.9. The van der Waals surface area contributed by atoms with Gasteiger partial charge < -0.3 is 10.2 Å². The second-order valence-corrected chi connectivity index (χ2v) is 10.8. The van der Waals surface area contributed by atoms with Crippen molar-refractivity contribution in [3.63, 3.8) is 0 Å². The van der Waals surface area contributed by atoms with Crippen LogP contribution in [0.15, 0.2) is 48.5 Å². The summed E-state index contributed by atoms with van der Waals surface area (Å²) in [6.45, 7) is 2.24. The van der Waals surface area contributed by atoms with E-state index in [9.17, 15) is 9.59 Å². The van der Waals surface area contributed by atoms with Gasteiger partial charge in [0.15, 0.2) is 0 Å². The van der Waals surface area contributed by atoms with E-state index in [0.717, 1.165) is 37.0 Å². The van der Waals surface area contributed by atoms with Gasteiger partial charge in [-0.15, -0.1) is 0 Å². The Morgan fingerprint density at radius 3 is 2.50 bits per heavy atom. The molecule has 1 aliphatic rings. The smallest absolute Gasteiger partial charge is 0.243 e. The van der Waals surface area contributed by atoms with Gasteiger partial charge in [0, 0.05) is 40.6 Å². The van der Waals surface area contributed by atoms with E-state index in [-0.39, 0.29) is 24.4 Å². The van der Waals surface area contributed by atoms with E-state index in [1.54, 1.807) is 28.8 Å². The number of hydrogen-bond acceptors (Lipinski definition) is 3. The van der Waals surface area contributed by atoms with Crippen LogP contribution in [0.2, 0.25) is 10.0 Å². The minimum atomic E-state index is -0.528. The highest BCUT2D eigenvalue weighted by atomic mass is 35.5. The first-order chi connectivity index (χ1) is 16.5. The maximum Gasteiger partial charge on any atom is 0.243 e. The molecule has 4 nitrogen and oxygen atoms in total. The number of nitrogens with zero attached hydrogens (tertiary/aromatic N) is 1. The van der Waals surface area contributed by atoms with Crippen LogP contribution < -0.4 is 5.32 Å². The number of halogens is 2. The quantitative estimate of drug-likeness (QED) is 0.328. The van der Waals surface area contributed by atoms with Crippen LogP contribution in [-0.2, 0) is 21.9 Å². The highest BCUT2D eigenvalue weighted by Crippen LogP contribution is 2.25. The lowest BCUT2D eigenvalue weighted by atomic mass is 9.95. The SMILES string of the molecule is CCC(C(=O)NC1CCCCC1)N(Cc1ccc(Cl)cc1Cl)C(=O)CCSCc1ccccc1. The van der Waals surface area contributed by atoms with E-state index in [1.165, 1.54) is 12.0 Å². The van der Waals surface area contributed by atoms with Gasteiger partial charge in [-0.3, -0.25) is 9.59 Å². The standard InChI is InChI=1S/C27H34Cl2N2O2S/c1-2-25(27(33)30-23-11-7-4-8-12-23)31(18-21-13-14-22(28)17-24(21)29)26(32)15-16-34-19-20-9-5-3-6-10-20/h3,5-6,9-10,13-14,17,23,25H,2,4,7-8,11-12,15-16,18-19H2,1H3,(H,30,33). The number of benzene rings is 2. The summed E-state index contributed by atoms with van der Waals surface area (Å²) in [4.78, 5) is 28.4. The minimum absolute atomic E-state index is 0.0303. The Bertz CT molecular complexity index is 935. The van der Waals surface area contributed by atoms with Crippen LogP contribution in [0.4, 0.5) is 0 Å². The molecule has 1 fully saturated rings. The van der Waals surface area contributed by atoms with Crippen molar-refractivity contribution in [3.8, 4) is 0 Å². The second-order valence-electron chi connectivity index (χ2n) is 8.81. The van der Waals surface area contributed by atoms with Crippen molar-refractivity contribution < 1.29 is 9.59 Å². The van der Waals surface area contributed by atoms with E-state index in [0.29, 0.717) is 28.6 Å². The fraction of sp³-hybridized carbons (Fsp3) is 0.481. The average molecular weight is 522 g/mol. The largest absolute Gasteiger partial charge is 0.352 e. The Labute approximate surface area is 217 Å². The second kappa shape index (κ2) is 14.0. The van der Waals surface area contributed by atoms with Crippen molar-refractivity contribution in [2.24, 2.45) is 0 Å². The monoisotopic (exact) mass is 520 g/mol. The van der Waals surface area contributed by atoms with Crippen LogP contribution in [0.5, 0.6) is 0 Å². The number of carbonyl (C=O) groups is 2. The van der Waals surface area contributed by atoms with Crippen molar-refractivity contribution in [1.29, 1.82) is 0 Å². The lowest BCUT2D eigenvalue weighted by Crippen LogP contribution is -2.51. The molecule has 7 heteroatoms. The molecule has 1 N–H and O–H groups in total. The lowest BCUT2D eigenvalue weighted by Gasteiger charge is -2.33. The van der Waals surface area contributed by atoms with Crippen molar-refractivity contribution in [1.82, 2.24) is 10.2 Å². The zero-order chi connectivity index (χ0) is 24.3. The van der Waals surface area contributed by atoms with Gasteiger partial charge in [0.2, 0.25) is 11.8 Å². The van der Waals surface area contributed by atoms with Gasteiger partial charge >= 0.3 is 0 Å². The highest BCUT2D eigenvalue weighted by Gasteiger charge is 2.30. The molecule has 1 unspecified atom stereocenters. The number of thioether (sulfide) groups is 1. The summed E-state index contributed by atoms with van der Waals surface area (Å²) in [5, 5.41) is 4.26. The van der Waals surface area contributed by atoms with Gasteiger partial charge in [0.25, 0.3) is 0 Å². The molecule has 0 saturated heterocycles. The van der Waals surface area contributed by atoms with E-state index >= 15 is 0 Å². The molecule has 2 aromatic carbocycles. The summed E-state index contributed by atoms with van der Waals surface area (Å²) in [5.41, 5.74) is 2.03. The van der Waals surface area contributed by atoms with E-state index in [2.05, 4.69) is 17.4 Å². The number of nitrogens with one attached hydrogen (secondary N) is 1. The molecular formula is C27H34Cl2N2O2S. The summed E-state index contributed by atoms with van der Waals surface area (Å²) >= 11 is 14.2. The topological polar surface area (TPSA) is 49.4 Å². The number of hydrogen-bond donors (Lipinski definition) is 1. The number of amides is 2. The maximum absolute atomic E-state index is 13.4. The van der Waals surface area contributed by atoms with Gasteiger partial charge in [0.05, 0.1) is 0 Å². The third kappa shape index (κ3) is 8.21. The average Bonchev–Trinajstić information content (AvgIpc) is 2.84. The third-order valence-corrected chi connectivity index (χ3v) is 7.88. The Morgan fingerprint density at radius 2 is 1.82 bits per heavy atom. The summed E-state index contributed by atoms with van der Waals surface area (Å²) < 4.78 is 0. The van der Waals surface area contributed by atoms with E-state index in [1.807, 2.05) is 31.2 Å². The van der Waals surface area contributed by atoms with Crippen LogP contribution in [0, 0.1) is 0 Å². The normalized spacial score (nSPS) is 15.0. The van der Waals surface area contributed by atoms with Crippen LogP contribution in [-0.4, -0.2) is 34.6 Å². The first-order valence-electron chi connectivity index (χ1n) is 12.1. The van der Waals surface area contributed by atoms with Crippen LogP contribution in [0.1, 0.15) is 63.0 Å². The molecule has 1 atom stereocenters. The van der Waals surface area contributed by atoms with Crippen LogP contribution >= 0.6 is 35.0 Å². The molecule has 3 rings (SSSR count). The minimum Gasteiger partial charge on any atom is -0.352 e. The zero-order valence-corrected chi connectivity index (χ0v) is 22.1. The Kier molecular flexibility index (Phi) is 11.1. The number of rotatable bonds is 11. The molecule has 0 spiro atoms. The van der Waals surface area contributed by atoms with Gasteiger partial charge in [0.1, 0.15) is 6.04 Å². The maximum atomic E-state index is 13.4. The lowest BCUT2D eigenvalue weighted by molar-refractivity contribution is -0.141. The number of carbonyl (C=O) groups excluding carboxylic acids is 2. The molecule has 34 heavy (non-hydrogen) atoms. The van der Waals surface area contributed by atoms with Gasteiger partial charge in [-0.25, -0.2) is 0 Å². The molecule has 1 saturated carbocycles. The zero-order valence-electron chi connectivity index (χ0n) is 19.8. The van der Waals surface area contributed by atoms with Crippen LogP contribution in [0.25, 0.3) is 0 Å². The van der Waals surface area contributed by atoms with Gasteiger partial charge in [-0.05, 0) is 42.5 Å². The summed E-state index contributed by atoms with van der Waals surface area (Å²) in [5.74, 6) is 1.46. The molecule has 0 heterocycles. The predicted molar refractivity (Wildman–Crippen MR) is 143 cm³/mol. The van der Waals surface area contributed by atoms with Crippen molar-refractivity contribution in [2.75, 3.05) is 5.75 Å². The molecular weight excluding hydrogens is 487 g/mol. The molecule has 0 bridgehead atoms. The van der Waals surface area contributed by atoms with Gasteiger partial charge in [-0.2, -0.15) is 11.8 Å². The van der Waals surface area contributed by atoms with E-state index in [4.69, 9.17) is 23.2 Å². The molecule has 1 aliphatic carbocycles. The van der Waals surface area contributed by atoms with Gasteiger partial charge in [-0.1, -0.05) is 85.8 Å². The van der Waals surface area contributed by atoms with Crippen molar-refractivity contribution in [3.05, 3.63) is 69.7 Å². The summed E-state index contributed by atoms with van der Waals surface area (Å²) in [6.07, 6.45) is 6.45. The summed E-state index contributed by atoms with van der Waals surface area (Å²) in [7, 11) is 0. The summed E-state index contributed by atoms with van der Waals surface area (Å²) in [6, 6.07) is 15.2. The molecule has 0 radical (unpaired) electrons. The Balaban J connectivity index is 1.68.